The molecule has 0 aliphatic carbocycles. The van der Waals surface area contributed by atoms with E-state index in [-0.39, 0.29) is 0 Å². The number of nitrogen functional groups attached to an aromatic ring is 3. The molecule has 2 aromatic rings. The Balaban J connectivity index is 2.40. The van der Waals surface area contributed by atoms with Crippen molar-refractivity contribution < 1.29 is 0 Å². The van der Waals surface area contributed by atoms with Gasteiger partial charge in [-0.1, -0.05) is 6.07 Å². The molecule has 0 aromatic heterocycles. The monoisotopic (exact) mass is 312 g/mol. The Morgan fingerprint density at radius 1 is 0.696 bits per heavy atom. The maximum absolute atomic E-state index is 6.24. The Bertz CT molecular complexity index is 747. The van der Waals surface area contributed by atoms with Crippen LogP contribution in [0.2, 0.25) is 0 Å². The van der Waals surface area contributed by atoms with Crippen molar-refractivity contribution in [3.8, 4) is 0 Å². The van der Waals surface area contributed by atoms with Gasteiger partial charge in [-0.2, -0.15) is 0 Å². The summed E-state index contributed by atoms with van der Waals surface area (Å²) in [6, 6.07) is 2.06. The number of benzene rings is 2. The van der Waals surface area contributed by atoms with Gasteiger partial charge < -0.3 is 22.5 Å². The first-order valence-corrected chi connectivity index (χ1v) is 7.90. The number of anilines is 4. The molecule has 7 N–H and O–H groups in total. The van der Waals surface area contributed by atoms with E-state index < -0.39 is 0 Å². The summed E-state index contributed by atoms with van der Waals surface area (Å²) < 4.78 is 0. The van der Waals surface area contributed by atoms with Crippen LogP contribution in [-0.2, 0) is 6.54 Å². The van der Waals surface area contributed by atoms with E-state index in [4.69, 9.17) is 17.2 Å². The summed E-state index contributed by atoms with van der Waals surface area (Å²) in [5.41, 5.74) is 29.8. The van der Waals surface area contributed by atoms with Crippen molar-refractivity contribution in [3.05, 3.63) is 45.0 Å². The number of nitrogens with two attached hydrogens (primary N) is 3. The van der Waals surface area contributed by atoms with E-state index in [1.165, 1.54) is 11.1 Å². The normalized spacial score (nSPS) is 10.9. The summed E-state index contributed by atoms with van der Waals surface area (Å²) in [5.74, 6) is 0. The van der Waals surface area contributed by atoms with Gasteiger partial charge in [-0.3, -0.25) is 0 Å². The molecule has 0 unspecified atom stereocenters. The molecular formula is C19H28N4. The highest BCUT2D eigenvalue weighted by molar-refractivity contribution is 5.73. The van der Waals surface area contributed by atoms with Crippen LogP contribution in [0.3, 0.4) is 0 Å². The first-order valence-electron chi connectivity index (χ1n) is 7.90. The average Bonchev–Trinajstić information content (AvgIpc) is 2.53. The third-order valence-corrected chi connectivity index (χ3v) is 5.11. The summed E-state index contributed by atoms with van der Waals surface area (Å²) in [6.45, 7) is 13.0. The number of nitrogens with one attached hydrogen (secondary N) is 1. The molecule has 0 saturated carbocycles. The predicted octanol–water partition coefficient (Wildman–Crippen LogP) is 3.90. The van der Waals surface area contributed by atoms with Crippen molar-refractivity contribution >= 4 is 22.7 Å². The summed E-state index contributed by atoms with van der Waals surface area (Å²) in [6.07, 6.45) is 0. The molecule has 0 fully saturated rings. The van der Waals surface area contributed by atoms with Gasteiger partial charge in [0.15, 0.2) is 0 Å². The molecule has 0 aliphatic heterocycles. The molecule has 2 aromatic carbocycles. The highest BCUT2D eigenvalue weighted by Crippen LogP contribution is 2.33. The van der Waals surface area contributed by atoms with Crippen LogP contribution in [-0.4, -0.2) is 0 Å². The van der Waals surface area contributed by atoms with E-state index in [0.717, 1.165) is 50.6 Å². The Morgan fingerprint density at radius 3 is 1.74 bits per heavy atom. The Morgan fingerprint density at radius 2 is 1.22 bits per heavy atom. The molecule has 23 heavy (non-hydrogen) atoms. The van der Waals surface area contributed by atoms with Crippen LogP contribution in [0.15, 0.2) is 6.07 Å². The number of rotatable bonds is 3. The fourth-order valence-electron chi connectivity index (χ4n) is 3.04. The third-order valence-electron chi connectivity index (χ3n) is 5.11. The van der Waals surface area contributed by atoms with Gasteiger partial charge >= 0.3 is 0 Å². The van der Waals surface area contributed by atoms with E-state index in [9.17, 15) is 0 Å². The van der Waals surface area contributed by atoms with E-state index >= 15 is 0 Å². The van der Waals surface area contributed by atoms with Crippen LogP contribution in [0, 0.1) is 41.5 Å². The molecule has 124 valence electrons. The van der Waals surface area contributed by atoms with Crippen LogP contribution in [0.4, 0.5) is 22.7 Å². The minimum absolute atomic E-state index is 0.665. The zero-order valence-electron chi connectivity index (χ0n) is 15.0. The van der Waals surface area contributed by atoms with Crippen molar-refractivity contribution in [2.75, 3.05) is 22.5 Å². The maximum atomic E-state index is 6.24. The summed E-state index contributed by atoms with van der Waals surface area (Å²) >= 11 is 0. The molecule has 0 spiro atoms. The lowest BCUT2D eigenvalue weighted by Crippen LogP contribution is -2.11. The molecule has 4 nitrogen and oxygen atoms in total. The molecule has 0 heterocycles. The van der Waals surface area contributed by atoms with Gasteiger partial charge in [-0.25, -0.2) is 0 Å². The van der Waals surface area contributed by atoms with Crippen molar-refractivity contribution in [1.82, 2.24) is 0 Å². The molecule has 0 bridgehead atoms. The smallest absolute Gasteiger partial charge is 0.0421 e. The molecule has 0 saturated heterocycles. The van der Waals surface area contributed by atoms with Gasteiger partial charge in [0.05, 0.1) is 0 Å². The van der Waals surface area contributed by atoms with Gasteiger partial charge in [-0.15, -0.1) is 0 Å². The van der Waals surface area contributed by atoms with E-state index in [1.54, 1.807) is 0 Å². The second-order valence-electron chi connectivity index (χ2n) is 6.45. The van der Waals surface area contributed by atoms with Crippen molar-refractivity contribution in [1.29, 1.82) is 0 Å². The second kappa shape index (κ2) is 6.03. The Kier molecular flexibility index (Phi) is 4.46. The van der Waals surface area contributed by atoms with E-state index in [2.05, 4.69) is 39.1 Å². The van der Waals surface area contributed by atoms with Crippen LogP contribution >= 0.6 is 0 Å². The number of hydrogen-bond acceptors (Lipinski definition) is 4. The van der Waals surface area contributed by atoms with Gasteiger partial charge in [-0.05, 0) is 80.5 Å². The first kappa shape index (κ1) is 17.0. The number of hydrogen-bond donors (Lipinski definition) is 4. The lowest BCUT2D eigenvalue weighted by atomic mass is 9.95. The average molecular weight is 312 g/mol. The minimum Gasteiger partial charge on any atom is -0.398 e. The molecule has 0 radical (unpaired) electrons. The van der Waals surface area contributed by atoms with Crippen molar-refractivity contribution in [2.24, 2.45) is 0 Å². The topological polar surface area (TPSA) is 90.1 Å². The largest absolute Gasteiger partial charge is 0.398 e. The van der Waals surface area contributed by atoms with Crippen LogP contribution < -0.4 is 22.5 Å². The predicted molar refractivity (Wildman–Crippen MR) is 102 cm³/mol. The highest BCUT2D eigenvalue weighted by Gasteiger charge is 2.14. The lowest BCUT2D eigenvalue weighted by Gasteiger charge is -2.21. The number of aryl methyl sites for hydroxylation is 1. The minimum atomic E-state index is 0.665. The Labute approximate surface area is 139 Å². The molecule has 0 aliphatic rings. The fourth-order valence-corrected chi connectivity index (χ4v) is 3.04. The second-order valence-corrected chi connectivity index (χ2v) is 6.45. The van der Waals surface area contributed by atoms with E-state index in [1.807, 2.05) is 13.8 Å². The summed E-state index contributed by atoms with van der Waals surface area (Å²) in [7, 11) is 0. The molecular weight excluding hydrogens is 284 g/mol. The first-order chi connectivity index (χ1) is 10.7. The summed E-state index contributed by atoms with van der Waals surface area (Å²) in [5, 5.41) is 3.54. The van der Waals surface area contributed by atoms with Crippen molar-refractivity contribution in [3.63, 3.8) is 0 Å². The van der Waals surface area contributed by atoms with Gasteiger partial charge in [0.1, 0.15) is 0 Å². The lowest BCUT2D eigenvalue weighted by molar-refractivity contribution is 1.11. The third kappa shape index (κ3) is 2.81. The zero-order chi connectivity index (χ0) is 17.5. The van der Waals surface area contributed by atoms with Gasteiger partial charge in [0.2, 0.25) is 0 Å². The standard InChI is InChI=1S/C19H28N4/c1-9-7-15(18(22)14(6)16(9)20)8-23-19-12(4)10(2)17(21)11(3)13(19)5/h7,23H,8,20-22H2,1-6H3. The van der Waals surface area contributed by atoms with E-state index in [0.29, 0.717) is 6.54 Å². The maximum Gasteiger partial charge on any atom is 0.0421 e. The van der Waals surface area contributed by atoms with Gasteiger partial charge in [0.25, 0.3) is 0 Å². The zero-order valence-corrected chi connectivity index (χ0v) is 15.0. The molecule has 0 atom stereocenters. The molecule has 4 heteroatoms. The SMILES string of the molecule is Cc1cc(CNc2c(C)c(C)c(N)c(C)c2C)c(N)c(C)c1N. The fraction of sp³-hybridized carbons (Fsp3) is 0.368. The quantitative estimate of drug-likeness (QED) is 0.647. The van der Waals surface area contributed by atoms with Crippen LogP contribution in [0.25, 0.3) is 0 Å². The molecule has 0 amide bonds. The summed E-state index contributed by atoms with van der Waals surface area (Å²) in [4.78, 5) is 0. The Hall–Kier alpha value is -2.36. The van der Waals surface area contributed by atoms with Gasteiger partial charge in [0, 0.05) is 29.3 Å². The highest BCUT2D eigenvalue weighted by atomic mass is 14.9. The van der Waals surface area contributed by atoms with Crippen LogP contribution in [0.5, 0.6) is 0 Å². The van der Waals surface area contributed by atoms with Crippen LogP contribution in [0.1, 0.15) is 38.9 Å². The van der Waals surface area contributed by atoms with Crippen molar-refractivity contribution in [2.45, 2.75) is 48.1 Å². The molecule has 2 rings (SSSR count).